The number of rotatable bonds is 6. The second-order valence-corrected chi connectivity index (χ2v) is 5.19. The van der Waals surface area contributed by atoms with Crippen LogP contribution in [-0.2, 0) is 13.1 Å². The van der Waals surface area contributed by atoms with Crippen LogP contribution in [0, 0.1) is 0 Å². The lowest BCUT2D eigenvalue weighted by Crippen LogP contribution is -2.04. The molecular weight excluding hydrogens is 306 g/mol. The first-order chi connectivity index (χ1) is 9.22. The second kappa shape index (κ2) is 6.73. The van der Waals surface area contributed by atoms with E-state index < -0.39 is 0 Å². The van der Waals surface area contributed by atoms with E-state index >= 15 is 0 Å². The van der Waals surface area contributed by atoms with Gasteiger partial charge in [-0.25, -0.2) is 0 Å². The lowest BCUT2D eigenvalue weighted by molar-refractivity contribution is 0.477. The van der Waals surface area contributed by atoms with E-state index in [0.717, 1.165) is 35.5 Å². The first-order valence-electron chi connectivity index (χ1n) is 6.36. The van der Waals surface area contributed by atoms with Gasteiger partial charge in [0.1, 0.15) is 5.75 Å². The molecule has 2 aromatic rings. The lowest BCUT2D eigenvalue weighted by Gasteiger charge is -2.07. The minimum Gasteiger partial charge on any atom is -0.453 e. The number of benzene rings is 1. The van der Waals surface area contributed by atoms with Crippen molar-refractivity contribution in [3.63, 3.8) is 0 Å². The zero-order valence-corrected chi connectivity index (χ0v) is 12.8. The first-order valence-corrected chi connectivity index (χ1v) is 7.15. The van der Waals surface area contributed by atoms with Crippen LogP contribution in [0.4, 0.5) is 0 Å². The smallest absolute Gasteiger partial charge is 0.165 e. The van der Waals surface area contributed by atoms with E-state index in [1.807, 2.05) is 30.1 Å². The maximum atomic E-state index is 5.82. The third-order valence-electron chi connectivity index (χ3n) is 2.67. The Morgan fingerprint density at radius 3 is 2.95 bits per heavy atom. The average molecular weight is 324 g/mol. The Hall–Kier alpha value is -1.33. The minimum atomic E-state index is 0.760. The molecule has 1 aromatic heterocycles. The van der Waals surface area contributed by atoms with Crippen molar-refractivity contribution in [1.29, 1.82) is 0 Å². The molecule has 0 bridgehead atoms. The van der Waals surface area contributed by atoms with Gasteiger partial charge in [0.25, 0.3) is 0 Å². The zero-order valence-electron chi connectivity index (χ0n) is 11.2. The van der Waals surface area contributed by atoms with Gasteiger partial charge in [-0.15, -0.1) is 0 Å². The van der Waals surface area contributed by atoms with Crippen molar-refractivity contribution in [2.75, 3.05) is 7.05 Å². The number of aryl methyl sites for hydroxylation is 1. The Morgan fingerprint density at radius 1 is 1.42 bits per heavy atom. The summed E-state index contributed by atoms with van der Waals surface area (Å²) >= 11 is 3.53. The summed E-state index contributed by atoms with van der Waals surface area (Å²) in [5.74, 6) is 1.56. The molecule has 0 atom stereocenters. The van der Waals surface area contributed by atoms with Crippen molar-refractivity contribution in [3.8, 4) is 11.5 Å². The highest BCUT2D eigenvalue weighted by Crippen LogP contribution is 2.30. The van der Waals surface area contributed by atoms with E-state index in [0.29, 0.717) is 0 Å². The van der Waals surface area contributed by atoms with Gasteiger partial charge in [-0.1, -0.05) is 13.0 Å². The molecule has 0 aliphatic heterocycles. The van der Waals surface area contributed by atoms with Crippen LogP contribution in [0.5, 0.6) is 11.5 Å². The Morgan fingerprint density at radius 2 is 2.26 bits per heavy atom. The molecule has 0 radical (unpaired) electrons. The third-order valence-corrected chi connectivity index (χ3v) is 3.29. The summed E-state index contributed by atoms with van der Waals surface area (Å²) < 4.78 is 8.65. The van der Waals surface area contributed by atoms with Crippen LogP contribution in [0.3, 0.4) is 0 Å². The molecule has 0 aliphatic rings. The highest BCUT2D eigenvalue weighted by atomic mass is 79.9. The molecule has 19 heavy (non-hydrogen) atoms. The Bertz CT molecular complexity index is 539. The van der Waals surface area contributed by atoms with Crippen molar-refractivity contribution in [2.24, 2.45) is 0 Å². The third kappa shape index (κ3) is 3.81. The van der Waals surface area contributed by atoms with Crippen molar-refractivity contribution in [1.82, 2.24) is 15.1 Å². The number of halogens is 1. The van der Waals surface area contributed by atoms with Gasteiger partial charge in [-0.05, 0) is 47.1 Å². The van der Waals surface area contributed by atoms with E-state index in [1.165, 1.54) is 5.56 Å². The maximum absolute atomic E-state index is 5.82. The van der Waals surface area contributed by atoms with Gasteiger partial charge in [0.2, 0.25) is 0 Å². The average Bonchev–Trinajstić information content (AvgIpc) is 2.81. The normalized spacial score (nSPS) is 10.7. The minimum absolute atomic E-state index is 0.760. The number of hydrogen-bond donors (Lipinski definition) is 1. The largest absolute Gasteiger partial charge is 0.453 e. The molecule has 102 valence electrons. The molecule has 1 aromatic carbocycles. The van der Waals surface area contributed by atoms with Crippen molar-refractivity contribution < 1.29 is 4.74 Å². The molecule has 0 aliphatic carbocycles. The highest BCUT2D eigenvalue weighted by Gasteiger charge is 2.06. The van der Waals surface area contributed by atoms with Crippen molar-refractivity contribution >= 4 is 15.9 Å². The van der Waals surface area contributed by atoms with Gasteiger partial charge in [-0.2, -0.15) is 5.10 Å². The number of hydrogen-bond acceptors (Lipinski definition) is 3. The van der Waals surface area contributed by atoms with Crippen molar-refractivity contribution in [2.45, 2.75) is 26.4 Å². The monoisotopic (exact) mass is 323 g/mol. The van der Waals surface area contributed by atoms with Gasteiger partial charge in [0, 0.05) is 13.1 Å². The van der Waals surface area contributed by atoms with E-state index in [-0.39, 0.29) is 0 Å². The van der Waals surface area contributed by atoms with Gasteiger partial charge >= 0.3 is 0 Å². The topological polar surface area (TPSA) is 39.1 Å². The van der Waals surface area contributed by atoms with Crippen LogP contribution in [0.1, 0.15) is 18.9 Å². The molecule has 1 N–H and O–H groups in total. The summed E-state index contributed by atoms with van der Waals surface area (Å²) in [6, 6.07) is 6.07. The Labute approximate surface area is 121 Å². The number of aromatic nitrogens is 2. The zero-order chi connectivity index (χ0) is 13.7. The van der Waals surface area contributed by atoms with Gasteiger partial charge < -0.3 is 10.1 Å². The molecule has 2 rings (SSSR count). The van der Waals surface area contributed by atoms with E-state index in [9.17, 15) is 0 Å². The predicted molar refractivity (Wildman–Crippen MR) is 79.5 cm³/mol. The van der Waals surface area contributed by atoms with Crippen molar-refractivity contribution in [3.05, 3.63) is 40.6 Å². The van der Waals surface area contributed by atoms with Crippen LogP contribution in [0.25, 0.3) is 0 Å². The van der Waals surface area contributed by atoms with Gasteiger partial charge in [0.15, 0.2) is 5.75 Å². The Kier molecular flexibility index (Phi) is 4.99. The fourth-order valence-corrected chi connectivity index (χ4v) is 2.32. The summed E-state index contributed by atoms with van der Waals surface area (Å²) in [5.41, 5.74) is 1.21. The molecule has 0 fully saturated rings. The van der Waals surface area contributed by atoms with Gasteiger partial charge in [0.05, 0.1) is 16.9 Å². The summed E-state index contributed by atoms with van der Waals surface area (Å²) in [7, 11) is 1.93. The SMILES string of the molecule is CCCn1cc(Oc2ccc(CNC)cc2Br)cn1. The fourth-order valence-electron chi connectivity index (χ4n) is 1.82. The fraction of sp³-hybridized carbons (Fsp3) is 0.357. The van der Waals surface area contributed by atoms with E-state index in [1.54, 1.807) is 6.20 Å². The van der Waals surface area contributed by atoms with E-state index in [2.05, 4.69) is 39.3 Å². The molecule has 0 saturated carbocycles. The summed E-state index contributed by atoms with van der Waals surface area (Å²) in [4.78, 5) is 0. The van der Waals surface area contributed by atoms with Crippen LogP contribution in [0.2, 0.25) is 0 Å². The summed E-state index contributed by atoms with van der Waals surface area (Å²) in [6.07, 6.45) is 4.71. The van der Waals surface area contributed by atoms with Crippen LogP contribution >= 0.6 is 15.9 Å². The molecule has 5 heteroatoms. The Balaban J connectivity index is 2.09. The number of nitrogens with one attached hydrogen (secondary N) is 1. The molecule has 0 amide bonds. The highest BCUT2D eigenvalue weighted by molar-refractivity contribution is 9.10. The quantitative estimate of drug-likeness (QED) is 0.883. The molecule has 0 spiro atoms. The summed E-state index contributed by atoms with van der Waals surface area (Å²) in [5, 5.41) is 7.37. The van der Waals surface area contributed by atoms with Gasteiger partial charge in [-0.3, -0.25) is 4.68 Å². The van der Waals surface area contributed by atoms with Crippen LogP contribution in [-0.4, -0.2) is 16.8 Å². The molecule has 4 nitrogen and oxygen atoms in total. The second-order valence-electron chi connectivity index (χ2n) is 4.34. The molecular formula is C14H18BrN3O. The number of ether oxygens (including phenoxy) is 1. The lowest BCUT2D eigenvalue weighted by atomic mass is 10.2. The molecule has 0 saturated heterocycles. The maximum Gasteiger partial charge on any atom is 0.165 e. The van der Waals surface area contributed by atoms with Crippen LogP contribution in [0.15, 0.2) is 35.1 Å². The standard InChI is InChI=1S/C14H18BrN3O/c1-3-6-18-10-12(9-17-18)19-14-5-4-11(8-16-2)7-13(14)15/h4-5,7,9-10,16H,3,6,8H2,1-2H3. The molecule has 1 heterocycles. The molecule has 0 unspecified atom stereocenters. The summed E-state index contributed by atoms with van der Waals surface area (Å²) in [6.45, 7) is 3.87. The predicted octanol–water partition coefficient (Wildman–Crippen LogP) is 3.57. The first kappa shape index (κ1) is 14.1. The number of nitrogens with zero attached hydrogens (tertiary/aromatic N) is 2. The van der Waals surface area contributed by atoms with Crippen LogP contribution < -0.4 is 10.1 Å². The van der Waals surface area contributed by atoms with E-state index in [4.69, 9.17) is 4.74 Å².